The zero-order chi connectivity index (χ0) is 14.8. The maximum Gasteiger partial charge on any atom is 0.271 e. The third kappa shape index (κ3) is 2.65. The number of nitrogens with zero attached hydrogens (tertiary/aromatic N) is 1. The van der Waals surface area contributed by atoms with E-state index in [9.17, 15) is 14.9 Å². The summed E-state index contributed by atoms with van der Waals surface area (Å²) in [6.45, 7) is 5.30. The Morgan fingerprint density at radius 1 is 1.55 bits per heavy atom. The highest BCUT2D eigenvalue weighted by molar-refractivity contribution is 5.96. The van der Waals surface area contributed by atoms with E-state index < -0.39 is 10.3 Å². The highest BCUT2D eigenvalue weighted by Crippen LogP contribution is 2.32. The zero-order valence-corrected chi connectivity index (χ0v) is 11.7. The number of nitro groups is 1. The number of rotatable bonds is 4. The smallest absolute Gasteiger partial charge is 0.271 e. The molecule has 1 aliphatic heterocycles. The molecule has 1 heterocycles. The largest absolute Gasteiger partial charge is 0.325 e. The number of anilines is 1. The van der Waals surface area contributed by atoms with Gasteiger partial charge in [-0.05, 0) is 31.9 Å². The molecular weight excluding hydrogens is 258 g/mol. The van der Waals surface area contributed by atoms with Crippen LogP contribution in [-0.2, 0) is 4.79 Å². The lowest BCUT2D eigenvalue weighted by Crippen LogP contribution is -2.37. The van der Waals surface area contributed by atoms with Crippen LogP contribution in [0.3, 0.4) is 0 Å². The van der Waals surface area contributed by atoms with Gasteiger partial charge in [0, 0.05) is 18.7 Å². The van der Waals surface area contributed by atoms with Crippen LogP contribution in [0, 0.1) is 22.5 Å². The number of non-ortho nitro benzene ring substituents is 1. The third-order valence-electron chi connectivity index (χ3n) is 4.08. The van der Waals surface area contributed by atoms with Crippen molar-refractivity contribution in [2.45, 2.75) is 26.7 Å². The van der Waals surface area contributed by atoms with Crippen LogP contribution in [0.15, 0.2) is 18.2 Å². The Balaban J connectivity index is 2.23. The highest BCUT2D eigenvalue weighted by atomic mass is 16.6. The number of aryl methyl sites for hydroxylation is 1. The Morgan fingerprint density at radius 2 is 2.30 bits per heavy atom. The number of carbonyl (C=O) groups excluding carboxylic acids is 1. The van der Waals surface area contributed by atoms with E-state index in [0.717, 1.165) is 24.9 Å². The van der Waals surface area contributed by atoms with E-state index in [4.69, 9.17) is 0 Å². The Morgan fingerprint density at radius 3 is 2.85 bits per heavy atom. The lowest BCUT2D eigenvalue weighted by Gasteiger charge is -2.25. The summed E-state index contributed by atoms with van der Waals surface area (Å²) in [4.78, 5) is 22.8. The first kappa shape index (κ1) is 14.5. The van der Waals surface area contributed by atoms with E-state index in [0.29, 0.717) is 12.2 Å². The van der Waals surface area contributed by atoms with Gasteiger partial charge in [-0.3, -0.25) is 14.9 Å². The molecule has 0 radical (unpaired) electrons. The first-order valence-corrected chi connectivity index (χ1v) is 6.76. The molecule has 1 aromatic rings. The number of hydrogen-bond donors (Lipinski definition) is 2. The average molecular weight is 277 g/mol. The van der Waals surface area contributed by atoms with Gasteiger partial charge in [0.25, 0.3) is 5.69 Å². The minimum Gasteiger partial charge on any atom is -0.325 e. The number of amides is 1. The molecule has 1 fully saturated rings. The molecule has 0 aliphatic carbocycles. The molecule has 2 N–H and O–H groups in total. The van der Waals surface area contributed by atoms with Crippen molar-refractivity contribution in [2.24, 2.45) is 5.41 Å². The van der Waals surface area contributed by atoms with Crippen LogP contribution < -0.4 is 10.6 Å². The van der Waals surface area contributed by atoms with E-state index in [1.807, 2.05) is 13.8 Å². The molecule has 0 bridgehead atoms. The second kappa shape index (κ2) is 5.58. The van der Waals surface area contributed by atoms with Gasteiger partial charge in [-0.1, -0.05) is 13.0 Å². The van der Waals surface area contributed by atoms with Crippen LogP contribution in [0.5, 0.6) is 0 Å². The molecule has 6 nitrogen and oxygen atoms in total. The van der Waals surface area contributed by atoms with E-state index in [1.54, 1.807) is 6.07 Å². The minimum absolute atomic E-state index is 0.0130. The van der Waals surface area contributed by atoms with E-state index in [2.05, 4.69) is 10.6 Å². The van der Waals surface area contributed by atoms with Crippen molar-refractivity contribution in [3.63, 3.8) is 0 Å². The van der Waals surface area contributed by atoms with Gasteiger partial charge in [0.05, 0.1) is 16.0 Å². The Kier molecular flexibility index (Phi) is 4.04. The Bertz CT molecular complexity index is 536. The van der Waals surface area contributed by atoms with Gasteiger partial charge < -0.3 is 10.6 Å². The fourth-order valence-electron chi connectivity index (χ4n) is 2.51. The lowest BCUT2D eigenvalue weighted by atomic mass is 9.83. The van der Waals surface area contributed by atoms with Gasteiger partial charge in [-0.25, -0.2) is 0 Å². The number of nitrogens with one attached hydrogen (secondary N) is 2. The summed E-state index contributed by atoms with van der Waals surface area (Å²) in [7, 11) is 0. The quantitative estimate of drug-likeness (QED) is 0.653. The molecule has 1 atom stereocenters. The summed E-state index contributed by atoms with van der Waals surface area (Å²) >= 11 is 0. The predicted octanol–water partition coefficient (Wildman–Crippen LogP) is 2.23. The van der Waals surface area contributed by atoms with Gasteiger partial charge in [-0.15, -0.1) is 0 Å². The summed E-state index contributed by atoms with van der Waals surface area (Å²) < 4.78 is 0. The SMILES string of the molecule is CCC1(C(=O)Nc2cc([N+](=O)[O-])ccc2C)CCNC1. The van der Waals surface area contributed by atoms with Crippen molar-refractivity contribution >= 4 is 17.3 Å². The van der Waals surface area contributed by atoms with Crippen LogP contribution >= 0.6 is 0 Å². The molecule has 0 saturated carbocycles. The minimum atomic E-state index is -0.457. The van der Waals surface area contributed by atoms with E-state index in [1.165, 1.54) is 12.1 Å². The topological polar surface area (TPSA) is 84.3 Å². The monoisotopic (exact) mass is 277 g/mol. The fraction of sp³-hybridized carbons (Fsp3) is 0.500. The van der Waals surface area contributed by atoms with Crippen molar-refractivity contribution < 1.29 is 9.72 Å². The molecule has 108 valence electrons. The molecular formula is C14H19N3O3. The van der Waals surface area contributed by atoms with Gasteiger partial charge in [0.15, 0.2) is 0 Å². The molecule has 0 spiro atoms. The van der Waals surface area contributed by atoms with Crippen LogP contribution in [0.25, 0.3) is 0 Å². The molecule has 0 aromatic heterocycles. The number of benzene rings is 1. The van der Waals surface area contributed by atoms with Gasteiger partial charge >= 0.3 is 0 Å². The molecule has 20 heavy (non-hydrogen) atoms. The molecule has 6 heteroatoms. The maximum atomic E-state index is 12.5. The van der Waals surface area contributed by atoms with E-state index in [-0.39, 0.29) is 11.6 Å². The van der Waals surface area contributed by atoms with Crippen LogP contribution in [0.2, 0.25) is 0 Å². The fourth-order valence-corrected chi connectivity index (χ4v) is 2.51. The van der Waals surface area contributed by atoms with Crippen LogP contribution in [0.4, 0.5) is 11.4 Å². The molecule has 1 amide bonds. The second-order valence-corrected chi connectivity index (χ2v) is 5.27. The average Bonchev–Trinajstić information content (AvgIpc) is 2.91. The van der Waals surface area contributed by atoms with Crippen LogP contribution in [-0.4, -0.2) is 23.9 Å². The van der Waals surface area contributed by atoms with Gasteiger partial charge in [0.1, 0.15) is 0 Å². The number of nitro benzene ring substituents is 1. The lowest BCUT2D eigenvalue weighted by molar-refractivity contribution is -0.384. The van der Waals surface area contributed by atoms with Crippen molar-refractivity contribution in [1.82, 2.24) is 5.32 Å². The van der Waals surface area contributed by atoms with Crippen molar-refractivity contribution in [1.29, 1.82) is 0 Å². The first-order chi connectivity index (χ1) is 9.48. The highest BCUT2D eigenvalue weighted by Gasteiger charge is 2.39. The number of carbonyl (C=O) groups is 1. The number of hydrogen-bond acceptors (Lipinski definition) is 4. The normalized spacial score (nSPS) is 21.7. The molecule has 1 unspecified atom stereocenters. The zero-order valence-electron chi connectivity index (χ0n) is 11.7. The molecule has 2 rings (SSSR count). The van der Waals surface area contributed by atoms with Crippen molar-refractivity contribution in [2.75, 3.05) is 18.4 Å². The third-order valence-corrected chi connectivity index (χ3v) is 4.08. The first-order valence-electron chi connectivity index (χ1n) is 6.76. The van der Waals surface area contributed by atoms with Gasteiger partial charge in [-0.2, -0.15) is 0 Å². The van der Waals surface area contributed by atoms with E-state index >= 15 is 0 Å². The summed E-state index contributed by atoms with van der Waals surface area (Å²) in [5, 5.41) is 16.9. The van der Waals surface area contributed by atoms with Gasteiger partial charge in [0.2, 0.25) is 5.91 Å². The molecule has 1 aliphatic rings. The Labute approximate surface area is 117 Å². The standard InChI is InChI=1S/C14H19N3O3/c1-3-14(6-7-15-9-14)13(18)16-12-8-11(17(19)20)5-4-10(12)2/h4-5,8,15H,3,6-7,9H2,1-2H3,(H,16,18). The summed E-state index contributed by atoms with van der Waals surface area (Å²) in [5.74, 6) is -0.0615. The van der Waals surface area contributed by atoms with Crippen LogP contribution in [0.1, 0.15) is 25.3 Å². The summed E-state index contributed by atoms with van der Waals surface area (Å²) in [6.07, 6.45) is 1.54. The summed E-state index contributed by atoms with van der Waals surface area (Å²) in [6, 6.07) is 4.51. The molecule has 1 aromatic carbocycles. The second-order valence-electron chi connectivity index (χ2n) is 5.27. The maximum absolute atomic E-state index is 12.5. The summed E-state index contributed by atoms with van der Waals surface area (Å²) in [5.41, 5.74) is 0.919. The van der Waals surface area contributed by atoms with Crippen molar-refractivity contribution in [3.8, 4) is 0 Å². The van der Waals surface area contributed by atoms with Crippen molar-refractivity contribution in [3.05, 3.63) is 33.9 Å². The predicted molar refractivity (Wildman–Crippen MR) is 76.7 cm³/mol. The Hall–Kier alpha value is -1.95. The molecule has 1 saturated heterocycles.